The van der Waals surface area contributed by atoms with Crippen molar-refractivity contribution in [1.82, 2.24) is 0 Å². The highest BCUT2D eigenvalue weighted by molar-refractivity contribution is 7.12. The molecular weight excluding hydrogens is 257 g/mol. The Hall–Kier alpha value is -0.220. The molecule has 0 radical (unpaired) electrons. The van der Waals surface area contributed by atoms with Gasteiger partial charge in [-0.25, -0.2) is 0 Å². The first-order chi connectivity index (χ1) is 7.09. The standard InChI is InChI=1S/C11H14ClF3S/c1-10(2,3)9-5-4-8(16-9)7(12)6-11(13,14)15/h4-5,7H,6H2,1-3H3. The first-order valence-electron chi connectivity index (χ1n) is 4.90. The van der Waals surface area contributed by atoms with Gasteiger partial charge in [0.2, 0.25) is 0 Å². The molecule has 16 heavy (non-hydrogen) atoms. The summed E-state index contributed by atoms with van der Waals surface area (Å²) in [7, 11) is 0. The average molecular weight is 271 g/mol. The lowest BCUT2D eigenvalue weighted by molar-refractivity contribution is -0.134. The third-order valence-corrected chi connectivity index (χ3v) is 4.23. The lowest BCUT2D eigenvalue weighted by Crippen LogP contribution is -2.10. The molecule has 0 aliphatic carbocycles. The van der Waals surface area contributed by atoms with Crippen molar-refractivity contribution in [2.75, 3.05) is 0 Å². The molecule has 0 aliphatic heterocycles. The number of hydrogen-bond acceptors (Lipinski definition) is 1. The number of alkyl halides is 4. The number of thiophene rings is 1. The maximum atomic E-state index is 12.2. The maximum absolute atomic E-state index is 12.2. The largest absolute Gasteiger partial charge is 0.390 e. The second kappa shape index (κ2) is 4.57. The molecule has 0 aliphatic rings. The molecule has 0 saturated carbocycles. The summed E-state index contributed by atoms with van der Waals surface area (Å²) in [4.78, 5) is 1.64. The van der Waals surface area contributed by atoms with Crippen molar-refractivity contribution in [3.63, 3.8) is 0 Å². The van der Waals surface area contributed by atoms with Crippen LogP contribution in [0, 0.1) is 0 Å². The molecule has 1 atom stereocenters. The van der Waals surface area contributed by atoms with Crippen molar-refractivity contribution >= 4 is 22.9 Å². The van der Waals surface area contributed by atoms with Gasteiger partial charge in [-0.15, -0.1) is 22.9 Å². The molecule has 1 aromatic heterocycles. The van der Waals surface area contributed by atoms with E-state index in [0.29, 0.717) is 4.88 Å². The van der Waals surface area contributed by atoms with Gasteiger partial charge in [-0.3, -0.25) is 0 Å². The third kappa shape index (κ3) is 3.98. The monoisotopic (exact) mass is 270 g/mol. The van der Waals surface area contributed by atoms with Crippen molar-refractivity contribution < 1.29 is 13.2 Å². The molecule has 0 saturated heterocycles. The van der Waals surface area contributed by atoms with Crippen LogP contribution in [0.3, 0.4) is 0 Å². The summed E-state index contributed by atoms with van der Waals surface area (Å²) in [5.41, 5.74) is -0.0439. The van der Waals surface area contributed by atoms with E-state index in [4.69, 9.17) is 11.6 Å². The molecule has 1 heterocycles. The van der Waals surface area contributed by atoms with Crippen molar-refractivity contribution in [1.29, 1.82) is 0 Å². The molecule has 5 heteroatoms. The lowest BCUT2D eigenvalue weighted by atomic mass is 9.95. The van der Waals surface area contributed by atoms with Crippen LogP contribution in [0.25, 0.3) is 0 Å². The molecule has 1 unspecified atom stereocenters. The topological polar surface area (TPSA) is 0 Å². The predicted octanol–water partition coefficient (Wildman–Crippen LogP) is 5.28. The zero-order valence-corrected chi connectivity index (χ0v) is 10.9. The fourth-order valence-corrected chi connectivity index (χ4v) is 2.65. The number of halogens is 4. The van der Waals surface area contributed by atoms with Crippen LogP contribution in [0.1, 0.15) is 42.3 Å². The Balaban J connectivity index is 2.79. The van der Waals surface area contributed by atoms with E-state index in [0.717, 1.165) is 4.88 Å². The molecule has 0 spiro atoms. The van der Waals surface area contributed by atoms with E-state index in [2.05, 4.69) is 0 Å². The summed E-state index contributed by atoms with van der Waals surface area (Å²) in [6.07, 6.45) is -5.18. The molecule has 0 fully saturated rings. The predicted molar refractivity (Wildman–Crippen MR) is 62.3 cm³/mol. The van der Waals surface area contributed by atoms with Gasteiger partial charge in [-0.05, 0) is 17.5 Å². The summed E-state index contributed by atoms with van der Waals surface area (Å²) in [5.74, 6) is 0. The van der Waals surface area contributed by atoms with E-state index >= 15 is 0 Å². The summed E-state index contributed by atoms with van der Waals surface area (Å²) in [5, 5.41) is -0.971. The quantitative estimate of drug-likeness (QED) is 0.642. The molecule has 1 aromatic rings. The van der Waals surface area contributed by atoms with Gasteiger partial charge in [-0.2, -0.15) is 13.2 Å². The van der Waals surface area contributed by atoms with Crippen LogP contribution in [-0.4, -0.2) is 6.18 Å². The van der Waals surface area contributed by atoms with Gasteiger partial charge in [0.15, 0.2) is 0 Å². The van der Waals surface area contributed by atoms with Crippen LogP contribution >= 0.6 is 22.9 Å². The highest BCUT2D eigenvalue weighted by Crippen LogP contribution is 2.39. The lowest BCUT2D eigenvalue weighted by Gasteiger charge is -2.15. The number of hydrogen-bond donors (Lipinski definition) is 0. The molecule has 92 valence electrons. The Morgan fingerprint density at radius 1 is 1.25 bits per heavy atom. The summed E-state index contributed by atoms with van der Waals surface area (Å²) in [6, 6.07) is 3.54. The minimum absolute atomic E-state index is 0.0439. The van der Waals surface area contributed by atoms with Crippen LogP contribution in [-0.2, 0) is 5.41 Å². The first kappa shape index (κ1) is 13.8. The van der Waals surface area contributed by atoms with Crippen molar-refractivity contribution in [2.45, 2.75) is 44.2 Å². The average Bonchev–Trinajstić information content (AvgIpc) is 2.46. The Morgan fingerprint density at radius 2 is 1.81 bits per heavy atom. The van der Waals surface area contributed by atoms with Crippen LogP contribution < -0.4 is 0 Å². The van der Waals surface area contributed by atoms with Crippen LogP contribution in [0.4, 0.5) is 13.2 Å². The van der Waals surface area contributed by atoms with Crippen molar-refractivity contribution in [3.05, 3.63) is 21.9 Å². The molecule has 1 rings (SSSR count). The minimum atomic E-state index is -4.21. The van der Waals surface area contributed by atoms with Crippen LogP contribution in [0.5, 0.6) is 0 Å². The van der Waals surface area contributed by atoms with Crippen LogP contribution in [0.2, 0.25) is 0 Å². The maximum Gasteiger partial charge on any atom is 0.390 e. The first-order valence-corrected chi connectivity index (χ1v) is 6.16. The van der Waals surface area contributed by atoms with E-state index in [1.807, 2.05) is 26.8 Å². The van der Waals surface area contributed by atoms with Crippen molar-refractivity contribution in [3.8, 4) is 0 Å². The Labute approximate surface area is 102 Å². The second-order valence-electron chi connectivity index (χ2n) is 4.74. The van der Waals surface area contributed by atoms with Gasteiger partial charge in [0, 0.05) is 9.75 Å². The highest BCUT2D eigenvalue weighted by Gasteiger charge is 2.32. The molecule has 0 bridgehead atoms. The van der Waals surface area contributed by atoms with Gasteiger partial charge in [0.05, 0.1) is 11.8 Å². The molecule has 0 amide bonds. The fraction of sp³-hybridized carbons (Fsp3) is 0.636. The Bertz CT molecular complexity index is 349. The Morgan fingerprint density at radius 3 is 2.19 bits per heavy atom. The van der Waals surface area contributed by atoms with E-state index in [1.165, 1.54) is 11.3 Å². The molecule has 0 N–H and O–H groups in total. The number of rotatable bonds is 2. The summed E-state index contributed by atoms with van der Waals surface area (Å²) in [6.45, 7) is 6.07. The summed E-state index contributed by atoms with van der Waals surface area (Å²) < 4.78 is 36.5. The van der Waals surface area contributed by atoms with Gasteiger partial charge in [-0.1, -0.05) is 20.8 Å². The Kier molecular flexibility index (Phi) is 3.95. The summed E-state index contributed by atoms with van der Waals surface area (Å²) >= 11 is 7.10. The van der Waals surface area contributed by atoms with Gasteiger partial charge < -0.3 is 0 Å². The molecular formula is C11H14ClF3S. The highest BCUT2D eigenvalue weighted by atomic mass is 35.5. The fourth-order valence-electron chi connectivity index (χ4n) is 1.23. The second-order valence-corrected chi connectivity index (χ2v) is 6.38. The third-order valence-electron chi connectivity index (χ3n) is 2.09. The van der Waals surface area contributed by atoms with E-state index < -0.39 is 18.0 Å². The van der Waals surface area contributed by atoms with Crippen LogP contribution in [0.15, 0.2) is 12.1 Å². The zero-order chi connectivity index (χ0) is 12.6. The SMILES string of the molecule is CC(C)(C)c1ccc(C(Cl)CC(F)(F)F)s1. The van der Waals surface area contributed by atoms with Gasteiger partial charge in [0.25, 0.3) is 0 Å². The van der Waals surface area contributed by atoms with Gasteiger partial charge >= 0.3 is 6.18 Å². The van der Waals surface area contributed by atoms with E-state index in [9.17, 15) is 13.2 Å². The van der Waals surface area contributed by atoms with E-state index in [1.54, 1.807) is 6.07 Å². The molecule has 0 nitrogen and oxygen atoms in total. The molecule has 0 aromatic carbocycles. The van der Waals surface area contributed by atoms with E-state index in [-0.39, 0.29) is 5.41 Å². The van der Waals surface area contributed by atoms with Gasteiger partial charge in [0.1, 0.15) is 0 Å². The normalized spacial score (nSPS) is 15.2. The van der Waals surface area contributed by atoms with Crippen molar-refractivity contribution in [2.24, 2.45) is 0 Å². The minimum Gasteiger partial charge on any atom is -0.171 e. The zero-order valence-electron chi connectivity index (χ0n) is 9.36. The smallest absolute Gasteiger partial charge is 0.171 e.